The lowest BCUT2D eigenvalue weighted by Gasteiger charge is -1.74. The monoisotopic (exact) mass is 71.1 g/mol. The van der Waals surface area contributed by atoms with Gasteiger partial charge in [0.1, 0.15) is 0 Å². The fourth-order valence-corrected chi connectivity index (χ4v) is 0. The van der Waals surface area contributed by atoms with Crippen LogP contribution >= 0.6 is 0 Å². The Bertz CT molecular complexity index is 55.0. The fourth-order valence-electron chi connectivity index (χ4n) is 0. The zero-order valence-corrected chi connectivity index (χ0v) is 3.78. The fraction of sp³-hybridized carbons (Fsp3) is 0.600. The molecule has 5 heavy (non-hydrogen) atoms. The molecule has 0 radical (unpaired) electrons. The third-order valence-corrected chi connectivity index (χ3v) is 0.493. The van der Waals surface area contributed by atoms with Crippen molar-refractivity contribution in [1.82, 2.24) is 0 Å². The smallest absolute Gasteiger partial charge is 0.0276 e. The predicted octanol–water partition coefficient (Wildman–Crippen LogP) is 1.97. The molecular weight excluding hydrogens is 60.1 g/mol. The van der Waals surface area contributed by atoms with Gasteiger partial charge in [0, 0.05) is 1.37 Å². The summed E-state index contributed by atoms with van der Waals surface area (Å²) in [6, 6.07) is 0. The topological polar surface area (TPSA) is 0 Å². The van der Waals surface area contributed by atoms with Gasteiger partial charge in [-0.15, -0.1) is 0 Å². The Kier molecular flexibility index (Phi) is 1.18. The van der Waals surface area contributed by atoms with Gasteiger partial charge in [-0.25, -0.2) is 0 Å². The second-order valence-corrected chi connectivity index (χ2v) is 1.14. The lowest BCUT2D eigenvalue weighted by molar-refractivity contribution is 1.36. The summed E-state index contributed by atoms with van der Waals surface area (Å²) in [6.45, 7) is 4.34. The normalized spacial score (nSPS) is 14.8. The van der Waals surface area contributed by atoms with E-state index in [1.807, 2.05) is 19.9 Å². The lowest BCUT2D eigenvalue weighted by Crippen LogP contribution is -1.52. The van der Waals surface area contributed by atoms with Crippen LogP contribution in [0, 0.1) is 0 Å². The molecule has 0 fully saturated rings. The van der Waals surface area contributed by atoms with E-state index in [0.717, 1.165) is 5.57 Å². The zero-order chi connectivity index (χ0) is 4.99. The van der Waals surface area contributed by atoms with Crippen molar-refractivity contribution in [3.8, 4) is 0 Å². The van der Waals surface area contributed by atoms with Gasteiger partial charge < -0.3 is 0 Å². The highest BCUT2D eigenvalue weighted by Gasteiger charge is 1.60. The summed E-state index contributed by atoms with van der Waals surface area (Å²) in [5.41, 5.74) is 1.13. The van der Waals surface area contributed by atoms with Crippen LogP contribution in [0.15, 0.2) is 11.6 Å². The van der Waals surface area contributed by atoms with Gasteiger partial charge in [0.15, 0.2) is 0 Å². The Balaban J connectivity index is 3.22. The molecule has 0 unspecified atom stereocenters. The van der Waals surface area contributed by atoms with Crippen LogP contribution in [0.1, 0.15) is 22.1 Å². The summed E-state index contributed by atoms with van der Waals surface area (Å²) in [5, 5.41) is 0. The minimum Gasteiger partial charge on any atom is -0.0890 e. The lowest BCUT2D eigenvalue weighted by atomic mass is 10.3. The van der Waals surface area contributed by atoms with E-state index in [1.54, 1.807) is 0 Å². The van der Waals surface area contributed by atoms with Crippen molar-refractivity contribution in [2.24, 2.45) is 0 Å². The minimum atomic E-state index is 0.441. The van der Waals surface area contributed by atoms with Gasteiger partial charge in [-0.2, -0.15) is 0 Å². The van der Waals surface area contributed by atoms with Gasteiger partial charge in [-0.3, -0.25) is 0 Å². The van der Waals surface area contributed by atoms with E-state index < -0.39 is 0 Å². The predicted molar refractivity (Wildman–Crippen MR) is 25.1 cm³/mol. The van der Waals surface area contributed by atoms with Crippen LogP contribution in [0.3, 0.4) is 0 Å². The second kappa shape index (κ2) is 2.01. The Morgan fingerprint density at radius 1 is 2.00 bits per heavy atom. The summed E-state index contributed by atoms with van der Waals surface area (Å²) in [7, 11) is 0. The first-order valence-corrected chi connectivity index (χ1v) is 1.72. The molecule has 0 heterocycles. The van der Waals surface area contributed by atoms with Gasteiger partial charge in [-0.05, 0) is 20.7 Å². The van der Waals surface area contributed by atoms with Crippen LogP contribution in [-0.4, -0.2) is 0 Å². The van der Waals surface area contributed by atoms with Crippen LogP contribution in [0.2, 0.25) is 0 Å². The average Bonchev–Trinajstić information content (AvgIpc) is 1.65. The molecule has 30 valence electrons. The summed E-state index contributed by atoms with van der Waals surface area (Å²) < 4.78 is 6.74. The van der Waals surface area contributed by atoms with Crippen molar-refractivity contribution >= 4 is 0 Å². The molecule has 0 aliphatic carbocycles. The molecule has 0 heteroatoms. The number of rotatable bonds is 0. The van der Waals surface area contributed by atoms with Crippen molar-refractivity contribution in [2.45, 2.75) is 20.7 Å². The molecule has 0 aliphatic rings. The Morgan fingerprint density at radius 2 is 2.60 bits per heavy atom. The Hall–Kier alpha value is -0.260. The molecule has 0 nitrogen and oxygen atoms in total. The summed E-state index contributed by atoms with van der Waals surface area (Å²) in [6.07, 6.45) is 1.95. The Labute approximate surface area is 34.9 Å². The van der Waals surface area contributed by atoms with E-state index >= 15 is 0 Å². The largest absolute Gasteiger partial charge is 0.0890 e. The van der Waals surface area contributed by atoms with Crippen molar-refractivity contribution < 1.29 is 1.37 Å². The SMILES string of the molecule is [2H]CC(C)=CC. The molecule has 0 bridgehead atoms. The molecule has 0 saturated carbocycles. The molecule has 0 atom stereocenters. The molecule has 0 rings (SSSR count). The standard InChI is InChI=1S/C5H10/c1-4-5(2)3/h4H,1-3H3/i2D. The van der Waals surface area contributed by atoms with E-state index in [4.69, 9.17) is 1.37 Å². The third-order valence-electron chi connectivity index (χ3n) is 0.493. The van der Waals surface area contributed by atoms with E-state index in [-0.39, 0.29) is 0 Å². The highest BCUT2D eigenvalue weighted by atomic mass is 13.7. The van der Waals surface area contributed by atoms with Crippen molar-refractivity contribution in [3.63, 3.8) is 0 Å². The first kappa shape index (κ1) is 2.95. The molecule has 0 aromatic rings. The van der Waals surface area contributed by atoms with E-state index in [2.05, 4.69) is 0 Å². The Morgan fingerprint density at radius 3 is 2.60 bits per heavy atom. The van der Waals surface area contributed by atoms with Gasteiger partial charge in [-0.1, -0.05) is 11.6 Å². The zero-order valence-electron chi connectivity index (χ0n) is 4.78. The van der Waals surface area contributed by atoms with E-state index in [1.165, 1.54) is 0 Å². The van der Waals surface area contributed by atoms with Crippen LogP contribution in [-0.2, 0) is 0 Å². The maximum absolute atomic E-state index is 6.74. The van der Waals surface area contributed by atoms with Gasteiger partial charge in [0.25, 0.3) is 0 Å². The molecule has 0 aromatic carbocycles. The van der Waals surface area contributed by atoms with E-state index in [9.17, 15) is 0 Å². The second-order valence-electron chi connectivity index (χ2n) is 1.14. The molecule has 0 aromatic heterocycles. The van der Waals surface area contributed by atoms with Crippen LogP contribution in [0.25, 0.3) is 0 Å². The first-order chi connectivity index (χ1) is 2.81. The highest BCUT2D eigenvalue weighted by molar-refractivity contribution is 4.88. The highest BCUT2D eigenvalue weighted by Crippen LogP contribution is 1.82. The van der Waals surface area contributed by atoms with Gasteiger partial charge in [0.2, 0.25) is 0 Å². The number of hydrogen-bond donors (Lipinski definition) is 0. The van der Waals surface area contributed by atoms with Crippen molar-refractivity contribution in [1.29, 1.82) is 0 Å². The van der Waals surface area contributed by atoms with Crippen LogP contribution in [0.4, 0.5) is 0 Å². The molecule has 0 saturated heterocycles. The quantitative estimate of drug-likeness (QED) is 0.383. The maximum Gasteiger partial charge on any atom is 0.0276 e. The minimum absolute atomic E-state index is 0.441. The summed E-state index contributed by atoms with van der Waals surface area (Å²) >= 11 is 0. The summed E-state index contributed by atoms with van der Waals surface area (Å²) in [5.74, 6) is 0. The average molecular weight is 71.1 g/mol. The molecule has 0 aliphatic heterocycles. The molecule has 0 amide bonds. The summed E-state index contributed by atoms with van der Waals surface area (Å²) in [4.78, 5) is 0. The van der Waals surface area contributed by atoms with Gasteiger partial charge in [0.05, 0.1) is 0 Å². The van der Waals surface area contributed by atoms with Crippen molar-refractivity contribution in [3.05, 3.63) is 11.6 Å². The van der Waals surface area contributed by atoms with Crippen LogP contribution in [0.5, 0.6) is 0 Å². The molecule has 0 spiro atoms. The first-order valence-electron chi connectivity index (χ1n) is 2.43. The van der Waals surface area contributed by atoms with E-state index in [0.29, 0.717) is 6.90 Å². The van der Waals surface area contributed by atoms with Crippen molar-refractivity contribution in [2.75, 3.05) is 0 Å². The third kappa shape index (κ3) is 3.74. The molecular formula is C5H10. The van der Waals surface area contributed by atoms with Gasteiger partial charge >= 0.3 is 0 Å². The maximum atomic E-state index is 6.74. The number of allylic oxidation sites excluding steroid dienone is 2. The molecule has 0 N–H and O–H groups in total. The van der Waals surface area contributed by atoms with Crippen LogP contribution < -0.4 is 0 Å². The number of hydrogen-bond acceptors (Lipinski definition) is 0.